The van der Waals surface area contributed by atoms with E-state index in [2.05, 4.69) is 19.7 Å². The van der Waals surface area contributed by atoms with Crippen molar-refractivity contribution in [3.63, 3.8) is 0 Å². The highest BCUT2D eigenvalue weighted by molar-refractivity contribution is 7.99. The first-order chi connectivity index (χ1) is 13.3. The SMILES string of the molecule is Fc1ccc(-c2nnc(SCC3CCCO3)n2CCN2CCOCC2)cc1. The van der Waals surface area contributed by atoms with Crippen molar-refractivity contribution >= 4 is 11.8 Å². The summed E-state index contributed by atoms with van der Waals surface area (Å²) in [5.74, 6) is 1.43. The van der Waals surface area contributed by atoms with Crippen molar-refractivity contribution in [2.45, 2.75) is 30.6 Å². The van der Waals surface area contributed by atoms with Crippen molar-refractivity contribution in [1.82, 2.24) is 19.7 Å². The van der Waals surface area contributed by atoms with E-state index in [0.717, 1.165) is 81.1 Å². The van der Waals surface area contributed by atoms with Gasteiger partial charge >= 0.3 is 0 Å². The van der Waals surface area contributed by atoms with Crippen molar-refractivity contribution in [3.8, 4) is 11.4 Å². The molecule has 27 heavy (non-hydrogen) atoms. The number of benzene rings is 1. The highest BCUT2D eigenvalue weighted by Gasteiger charge is 2.20. The Morgan fingerprint density at radius 1 is 1.07 bits per heavy atom. The summed E-state index contributed by atoms with van der Waals surface area (Å²) in [7, 11) is 0. The molecular weight excluding hydrogens is 367 g/mol. The molecule has 146 valence electrons. The quantitative estimate of drug-likeness (QED) is 0.676. The van der Waals surface area contributed by atoms with Gasteiger partial charge in [0.05, 0.1) is 19.3 Å². The Balaban J connectivity index is 1.51. The predicted octanol–water partition coefficient (Wildman–Crippen LogP) is 2.69. The normalized spacial score (nSPS) is 21.0. The molecule has 0 saturated carbocycles. The first-order valence-corrected chi connectivity index (χ1v) is 10.5. The molecule has 0 bridgehead atoms. The van der Waals surface area contributed by atoms with Crippen LogP contribution in [0.1, 0.15) is 12.8 Å². The van der Waals surface area contributed by atoms with Gasteiger partial charge in [-0.1, -0.05) is 11.8 Å². The lowest BCUT2D eigenvalue weighted by molar-refractivity contribution is 0.0361. The van der Waals surface area contributed by atoms with E-state index in [4.69, 9.17) is 9.47 Å². The fourth-order valence-electron chi connectivity index (χ4n) is 3.42. The van der Waals surface area contributed by atoms with Crippen LogP contribution in [0.25, 0.3) is 11.4 Å². The Labute approximate surface area is 163 Å². The zero-order valence-electron chi connectivity index (χ0n) is 15.3. The molecule has 2 aliphatic rings. The number of rotatable bonds is 7. The largest absolute Gasteiger partial charge is 0.379 e. The van der Waals surface area contributed by atoms with Gasteiger partial charge in [0, 0.05) is 44.1 Å². The van der Waals surface area contributed by atoms with Gasteiger partial charge in [0.15, 0.2) is 11.0 Å². The zero-order valence-corrected chi connectivity index (χ0v) is 16.2. The highest BCUT2D eigenvalue weighted by atomic mass is 32.2. The van der Waals surface area contributed by atoms with E-state index >= 15 is 0 Å². The second-order valence-electron chi connectivity index (χ2n) is 6.86. The van der Waals surface area contributed by atoms with Crippen molar-refractivity contribution in [3.05, 3.63) is 30.1 Å². The van der Waals surface area contributed by atoms with Crippen LogP contribution in [-0.2, 0) is 16.0 Å². The lowest BCUT2D eigenvalue weighted by atomic mass is 10.2. The monoisotopic (exact) mass is 392 g/mol. The first kappa shape index (κ1) is 18.9. The van der Waals surface area contributed by atoms with E-state index in [0.29, 0.717) is 6.10 Å². The molecule has 1 aromatic carbocycles. The highest BCUT2D eigenvalue weighted by Crippen LogP contribution is 2.27. The molecule has 0 N–H and O–H groups in total. The number of thioether (sulfide) groups is 1. The van der Waals surface area contributed by atoms with Crippen LogP contribution in [0.5, 0.6) is 0 Å². The third kappa shape index (κ3) is 4.87. The number of ether oxygens (including phenoxy) is 2. The van der Waals surface area contributed by atoms with Crippen LogP contribution in [0.4, 0.5) is 4.39 Å². The average Bonchev–Trinajstić information content (AvgIpc) is 3.36. The van der Waals surface area contributed by atoms with Gasteiger partial charge in [0.2, 0.25) is 0 Å². The van der Waals surface area contributed by atoms with E-state index < -0.39 is 0 Å². The summed E-state index contributed by atoms with van der Waals surface area (Å²) in [5.41, 5.74) is 0.884. The molecule has 4 rings (SSSR count). The van der Waals surface area contributed by atoms with E-state index in [1.807, 2.05) is 0 Å². The molecule has 2 fully saturated rings. The second kappa shape index (κ2) is 9.14. The molecule has 3 heterocycles. The second-order valence-corrected chi connectivity index (χ2v) is 7.85. The maximum atomic E-state index is 13.3. The Morgan fingerprint density at radius 2 is 1.89 bits per heavy atom. The Bertz CT molecular complexity index is 728. The summed E-state index contributed by atoms with van der Waals surface area (Å²) in [4.78, 5) is 2.40. The summed E-state index contributed by atoms with van der Waals surface area (Å²) in [6, 6.07) is 6.46. The fraction of sp³-hybridized carbons (Fsp3) is 0.579. The third-order valence-electron chi connectivity index (χ3n) is 4.99. The zero-order chi connectivity index (χ0) is 18.5. The molecular formula is C19H25FN4O2S. The maximum absolute atomic E-state index is 13.3. The minimum absolute atomic E-state index is 0.244. The third-order valence-corrected chi connectivity index (χ3v) is 6.08. The Kier molecular flexibility index (Phi) is 6.39. The molecule has 8 heteroatoms. The molecule has 2 aliphatic heterocycles. The summed E-state index contributed by atoms with van der Waals surface area (Å²) in [6.45, 7) is 6.05. The summed E-state index contributed by atoms with van der Waals surface area (Å²) >= 11 is 1.70. The molecule has 0 spiro atoms. The van der Waals surface area contributed by atoms with Gasteiger partial charge < -0.3 is 14.0 Å². The molecule has 2 saturated heterocycles. The summed E-state index contributed by atoms with van der Waals surface area (Å²) in [6.07, 6.45) is 2.55. The van der Waals surface area contributed by atoms with Crippen LogP contribution in [-0.4, -0.2) is 71.0 Å². The molecule has 0 radical (unpaired) electrons. The number of halogens is 1. The van der Waals surface area contributed by atoms with Crippen LogP contribution in [0.15, 0.2) is 29.4 Å². The number of hydrogen-bond donors (Lipinski definition) is 0. The number of aromatic nitrogens is 3. The molecule has 1 unspecified atom stereocenters. The molecule has 0 aliphatic carbocycles. The van der Waals surface area contributed by atoms with E-state index in [-0.39, 0.29) is 5.82 Å². The van der Waals surface area contributed by atoms with Crippen molar-refractivity contribution in [1.29, 1.82) is 0 Å². The van der Waals surface area contributed by atoms with Crippen LogP contribution >= 0.6 is 11.8 Å². The minimum atomic E-state index is -0.244. The smallest absolute Gasteiger partial charge is 0.191 e. The lowest BCUT2D eigenvalue weighted by Crippen LogP contribution is -2.38. The Hall–Kier alpha value is -1.48. The van der Waals surface area contributed by atoms with Crippen LogP contribution in [0, 0.1) is 5.82 Å². The number of nitrogens with zero attached hydrogens (tertiary/aromatic N) is 4. The van der Waals surface area contributed by atoms with Gasteiger partial charge in [-0.15, -0.1) is 10.2 Å². The summed E-state index contributed by atoms with van der Waals surface area (Å²) in [5, 5.41) is 9.73. The van der Waals surface area contributed by atoms with Gasteiger partial charge in [-0.2, -0.15) is 0 Å². The van der Waals surface area contributed by atoms with E-state index in [1.165, 1.54) is 12.1 Å². The van der Waals surface area contributed by atoms with Crippen LogP contribution < -0.4 is 0 Å². The molecule has 1 aromatic heterocycles. The predicted molar refractivity (Wildman–Crippen MR) is 102 cm³/mol. The van der Waals surface area contributed by atoms with Gasteiger partial charge in [-0.25, -0.2) is 4.39 Å². The van der Waals surface area contributed by atoms with Crippen molar-refractivity contribution < 1.29 is 13.9 Å². The molecule has 0 amide bonds. The van der Waals surface area contributed by atoms with Crippen LogP contribution in [0.3, 0.4) is 0 Å². The first-order valence-electron chi connectivity index (χ1n) is 9.53. The lowest BCUT2D eigenvalue weighted by Gasteiger charge is -2.27. The molecule has 2 aromatic rings. The van der Waals surface area contributed by atoms with Gasteiger partial charge in [-0.3, -0.25) is 4.90 Å². The van der Waals surface area contributed by atoms with Crippen LogP contribution in [0.2, 0.25) is 0 Å². The van der Waals surface area contributed by atoms with Gasteiger partial charge in [0.1, 0.15) is 5.82 Å². The average molecular weight is 393 g/mol. The maximum Gasteiger partial charge on any atom is 0.191 e. The minimum Gasteiger partial charge on any atom is -0.379 e. The number of morpholine rings is 1. The molecule has 6 nitrogen and oxygen atoms in total. The topological polar surface area (TPSA) is 52.4 Å². The Morgan fingerprint density at radius 3 is 2.63 bits per heavy atom. The standard InChI is InChI=1S/C19H25FN4O2S/c20-16-5-3-15(4-6-16)18-21-22-19(27-14-17-2-1-11-26-17)24(18)8-7-23-9-12-25-13-10-23/h3-6,17H,1-2,7-14H2. The van der Waals surface area contributed by atoms with E-state index in [9.17, 15) is 4.39 Å². The van der Waals surface area contributed by atoms with Crippen molar-refractivity contribution in [2.75, 3.05) is 45.2 Å². The molecule has 1 atom stereocenters. The van der Waals surface area contributed by atoms with E-state index in [1.54, 1.807) is 23.9 Å². The van der Waals surface area contributed by atoms with Gasteiger partial charge in [0.25, 0.3) is 0 Å². The van der Waals surface area contributed by atoms with Gasteiger partial charge in [-0.05, 0) is 37.1 Å². The van der Waals surface area contributed by atoms with Crippen molar-refractivity contribution in [2.24, 2.45) is 0 Å². The summed E-state index contributed by atoms with van der Waals surface area (Å²) < 4.78 is 26.6. The number of hydrogen-bond acceptors (Lipinski definition) is 6. The fourth-order valence-corrected chi connectivity index (χ4v) is 4.45.